The molecule has 0 aromatic heterocycles. The third-order valence-electron chi connectivity index (χ3n) is 2.67. The Balaban J connectivity index is 1.84. The molecule has 1 saturated heterocycles. The second-order valence-corrected chi connectivity index (χ2v) is 4.02. The minimum absolute atomic E-state index is 0.136. The molecule has 0 saturated carbocycles. The van der Waals surface area contributed by atoms with E-state index >= 15 is 0 Å². The van der Waals surface area contributed by atoms with Crippen LogP contribution in [0.5, 0.6) is 5.75 Å². The molecule has 4 nitrogen and oxygen atoms in total. The molecule has 1 amide bonds. The van der Waals surface area contributed by atoms with E-state index in [-0.39, 0.29) is 11.8 Å². The van der Waals surface area contributed by atoms with Crippen molar-refractivity contribution in [2.45, 2.75) is 18.9 Å². The average Bonchev–Trinajstić information content (AvgIpc) is 2.30. The van der Waals surface area contributed by atoms with Crippen LogP contribution in [0.25, 0.3) is 0 Å². The maximum Gasteiger partial charge on any atom is 0.412 e. The van der Waals surface area contributed by atoms with E-state index < -0.39 is 11.9 Å². The lowest BCUT2D eigenvalue weighted by Gasteiger charge is -2.23. The van der Waals surface area contributed by atoms with Gasteiger partial charge in [-0.2, -0.15) is 0 Å². The van der Waals surface area contributed by atoms with Crippen LogP contribution in [0.1, 0.15) is 12.8 Å². The summed E-state index contributed by atoms with van der Waals surface area (Å²) in [7, 11) is 0. The van der Waals surface area contributed by atoms with Gasteiger partial charge in [-0.15, -0.1) is 0 Å². The van der Waals surface area contributed by atoms with Gasteiger partial charge in [0.2, 0.25) is 0 Å². The Morgan fingerprint density at radius 1 is 1.41 bits per heavy atom. The predicted octanol–water partition coefficient (Wildman–Crippen LogP) is 1.67. The lowest BCUT2D eigenvalue weighted by molar-refractivity contribution is 0.192. The summed E-state index contributed by atoms with van der Waals surface area (Å²) in [6, 6.07) is 5.67. The number of carbonyl (C=O) groups is 1. The van der Waals surface area contributed by atoms with E-state index in [4.69, 9.17) is 4.74 Å². The van der Waals surface area contributed by atoms with Gasteiger partial charge in [0, 0.05) is 12.1 Å². The smallest absolute Gasteiger partial charge is 0.410 e. The Morgan fingerprint density at radius 2 is 2.18 bits per heavy atom. The van der Waals surface area contributed by atoms with Crippen molar-refractivity contribution in [1.82, 2.24) is 10.6 Å². The van der Waals surface area contributed by atoms with Crippen molar-refractivity contribution >= 4 is 6.09 Å². The van der Waals surface area contributed by atoms with Gasteiger partial charge in [-0.25, -0.2) is 9.18 Å². The number of halogens is 1. The quantitative estimate of drug-likeness (QED) is 0.824. The van der Waals surface area contributed by atoms with Crippen LogP contribution in [-0.2, 0) is 0 Å². The van der Waals surface area contributed by atoms with E-state index in [1.807, 2.05) is 0 Å². The van der Waals surface area contributed by atoms with Crippen LogP contribution in [0.15, 0.2) is 24.3 Å². The van der Waals surface area contributed by atoms with Gasteiger partial charge < -0.3 is 15.4 Å². The zero-order valence-electron chi connectivity index (χ0n) is 9.41. The molecular formula is C12H15FN2O2. The Hall–Kier alpha value is -1.62. The van der Waals surface area contributed by atoms with E-state index in [0.717, 1.165) is 25.9 Å². The van der Waals surface area contributed by atoms with Crippen LogP contribution in [0, 0.1) is 5.82 Å². The summed E-state index contributed by atoms with van der Waals surface area (Å²) in [5.74, 6) is -0.200. The second kappa shape index (κ2) is 5.63. The number of hydrogen-bond acceptors (Lipinski definition) is 3. The third kappa shape index (κ3) is 3.71. The fourth-order valence-electron chi connectivity index (χ4n) is 1.80. The summed E-state index contributed by atoms with van der Waals surface area (Å²) in [4.78, 5) is 11.5. The highest BCUT2D eigenvalue weighted by Gasteiger charge is 2.16. The third-order valence-corrected chi connectivity index (χ3v) is 2.67. The summed E-state index contributed by atoms with van der Waals surface area (Å²) in [5, 5.41) is 5.97. The molecule has 92 valence electrons. The van der Waals surface area contributed by atoms with Crippen LogP contribution in [0.4, 0.5) is 9.18 Å². The van der Waals surface area contributed by atoms with Crippen molar-refractivity contribution < 1.29 is 13.9 Å². The maximum atomic E-state index is 12.9. The second-order valence-electron chi connectivity index (χ2n) is 4.02. The number of carbonyl (C=O) groups excluding carboxylic acids is 1. The van der Waals surface area contributed by atoms with Gasteiger partial charge in [0.15, 0.2) is 0 Å². The van der Waals surface area contributed by atoms with Crippen molar-refractivity contribution in [2.75, 3.05) is 13.1 Å². The summed E-state index contributed by atoms with van der Waals surface area (Å²) in [5.41, 5.74) is 0. The monoisotopic (exact) mass is 238 g/mol. The summed E-state index contributed by atoms with van der Waals surface area (Å²) >= 11 is 0. The molecule has 1 aromatic carbocycles. The fraction of sp³-hybridized carbons (Fsp3) is 0.417. The number of piperidine rings is 1. The van der Waals surface area contributed by atoms with E-state index in [2.05, 4.69) is 10.6 Å². The van der Waals surface area contributed by atoms with Crippen molar-refractivity contribution in [1.29, 1.82) is 0 Å². The minimum Gasteiger partial charge on any atom is -0.410 e. The van der Waals surface area contributed by atoms with Crippen LogP contribution in [0.3, 0.4) is 0 Å². The van der Waals surface area contributed by atoms with Crippen molar-refractivity contribution in [3.63, 3.8) is 0 Å². The van der Waals surface area contributed by atoms with Gasteiger partial charge in [0.25, 0.3) is 0 Å². The lowest BCUT2D eigenvalue weighted by atomic mass is 10.1. The summed E-state index contributed by atoms with van der Waals surface area (Å²) in [6.07, 6.45) is 1.25. The number of ether oxygens (including phenoxy) is 1. The van der Waals surface area contributed by atoms with Gasteiger partial charge in [-0.05, 0) is 38.1 Å². The van der Waals surface area contributed by atoms with Gasteiger partial charge in [0.05, 0.1) is 0 Å². The summed E-state index contributed by atoms with van der Waals surface area (Å²) < 4.78 is 17.8. The highest BCUT2D eigenvalue weighted by atomic mass is 19.1. The molecule has 2 rings (SSSR count). The number of amides is 1. The zero-order chi connectivity index (χ0) is 12.1. The molecule has 5 heteroatoms. The number of nitrogens with one attached hydrogen (secondary N) is 2. The van der Waals surface area contributed by atoms with Crippen molar-refractivity contribution in [3.8, 4) is 5.75 Å². The first-order valence-corrected chi connectivity index (χ1v) is 5.69. The van der Waals surface area contributed by atoms with Crippen LogP contribution in [0.2, 0.25) is 0 Å². The molecule has 1 aromatic rings. The number of benzene rings is 1. The number of hydrogen-bond donors (Lipinski definition) is 2. The largest absolute Gasteiger partial charge is 0.412 e. The molecule has 0 aliphatic carbocycles. The zero-order valence-corrected chi connectivity index (χ0v) is 9.41. The topological polar surface area (TPSA) is 50.4 Å². The fourth-order valence-corrected chi connectivity index (χ4v) is 1.80. The Labute approximate surface area is 99.2 Å². The molecule has 1 aliphatic rings. The van der Waals surface area contributed by atoms with Crippen LogP contribution < -0.4 is 15.4 Å². The summed E-state index contributed by atoms with van der Waals surface area (Å²) in [6.45, 7) is 1.79. The molecule has 2 N–H and O–H groups in total. The minimum atomic E-state index is -0.525. The molecule has 1 aliphatic heterocycles. The Kier molecular flexibility index (Phi) is 3.93. The average molecular weight is 238 g/mol. The molecule has 0 unspecified atom stereocenters. The van der Waals surface area contributed by atoms with E-state index in [1.165, 1.54) is 18.2 Å². The standard InChI is InChI=1S/C12H15FN2O2/c13-9-2-1-3-11(8-9)17-12(16)15-10-4-6-14-7-5-10/h1-3,8,10,14H,4-7H2,(H,15,16). The van der Waals surface area contributed by atoms with Gasteiger partial charge >= 0.3 is 6.09 Å². The normalized spacial score (nSPS) is 16.5. The first-order chi connectivity index (χ1) is 8.24. The predicted molar refractivity (Wildman–Crippen MR) is 61.5 cm³/mol. The van der Waals surface area contributed by atoms with Crippen molar-refractivity contribution in [2.24, 2.45) is 0 Å². The molecule has 0 bridgehead atoms. The molecule has 1 heterocycles. The van der Waals surface area contributed by atoms with Gasteiger partial charge in [-0.3, -0.25) is 0 Å². The first kappa shape index (κ1) is 11.9. The van der Waals surface area contributed by atoms with E-state index in [1.54, 1.807) is 6.07 Å². The Morgan fingerprint density at radius 3 is 2.88 bits per heavy atom. The number of rotatable bonds is 2. The van der Waals surface area contributed by atoms with E-state index in [9.17, 15) is 9.18 Å². The maximum absolute atomic E-state index is 12.9. The van der Waals surface area contributed by atoms with Gasteiger partial charge in [0.1, 0.15) is 11.6 Å². The molecule has 1 fully saturated rings. The van der Waals surface area contributed by atoms with Crippen LogP contribution in [-0.4, -0.2) is 25.2 Å². The van der Waals surface area contributed by atoms with E-state index in [0.29, 0.717) is 0 Å². The van der Waals surface area contributed by atoms with Gasteiger partial charge in [-0.1, -0.05) is 6.07 Å². The highest BCUT2D eigenvalue weighted by molar-refractivity contribution is 5.70. The Bertz CT molecular complexity index is 392. The first-order valence-electron chi connectivity index (χ1n) is 5.69. The van der Waals surface area contributed by atoms with Crippen LogP contribution >= 0.6 is 0 Å². The SMILES string of the molecule is O=C(NC1CCNCC1)Oc1cccc(F)c1. The molecular weight excluding hydrogens is 223 g/mol. The highest BCUT2D eigenvalue weighted by Crippen LogP contribution is 2.12. The lowest BCUT2D eigenvalue weighted by Crippen LogP contribution is -2.43. The molecule has 0 spiro atoms. The molecule has 0 radical (unpaired) electrons. The van der Waals surface area contributed by atoms with Crippen molar-refractivity contribution in [3.05, 3.63) is 30.1 Å². The molecule has 17 heavy (non-hydrogen) atoms. The molecule has 0 atom stereocenters.